The van der Waals surface area contributed by atoms with E-state index in [1.807, 2.05) is 26.8 Å². The van der Waals surface area contributed by atoms with Crippen LogP contribution in [0.4, 0.5) is 4.79 Å². The summed E-state index contributed by atoms with van der Waals surface area (Å²) in [6, 6.07) is 0. The summed E-state index contributed by atoms with van der Waals surface area (Å²) < 4.78 is 5.04. The maximum Gasteiger partial charge on any atom is 0.411 e. The first-order valence-electron chi connectivity index (χ1n) is 4.96. The lowest BCUT2D eigenvalue weighted by Crippen LogP contribution is -2.29. The third kappa shape index (κ3) is 9.10. The average molecular weight is 199 g/mol. The molecule has 0 heterocycles. The predicted molar refractivity (Wildman–Crippen MR) is 58.0 cm³/mol. The molecule has 0 aliphatic carbocycles. The van der Waals surface area contributed by atoms with Gasteiger partial charge in [-0.25, -0.2) is 4.79 Å². The fourth-order valence-corrected chi connectivity index (χ4v) is 0.775. The Morgan fingerprint density at radius 2 is 2.00 bits per heavy atom. The second kappa shape index (κ2) is 5.68. The van der Waals surface area contributed by atoms with Gasteiger partial charge >= 0.3 is 6.09 Å². The number of hydrogen-bond donors (Lipinski definition) is 1. The minimum absolute atomic E-state index is 0.405. The first kappa shape index (κ1) is 13.0. The van der Waals surface area contributed by atoms with Crippen LogP contribution in [0.2, 0.25) is 0 Å². The van der Waals surface area contributed by atoms with E-state index in [4.69, 9.17) is 4.74 Å². The van der Waals surface area contributed by atoms with E-state index in [2.05, 4.69) is 19.2 Å². The van der Waals surface area contributed by atoms with E-state index in [1.54, 1.807) is 6.20 Å². The van der Waals surface area contributed by atoms with Crippen molar-refractivity contribution in [2.45, 2.75) is 46.6 Å². The molecule has 0 aromatic rings. The summed E-state index contributed by atoms with van der Waals surface area (Å²) in [6.45, 7) is 9.76. The first-order chi connectivity index (χ1) is 6.31. The Bertz CT molecular complexity index is 202. The molecule has 14 heavy (non-hydrogen) atoms. The molecule has 1 amide bonds. The lowest BCUT2D eigenvalue weighted by Gasteiger charge is -2.18. The molecule has 1 N–H and O–H groups in total. The Hall–Kier alpha value is -0.990. The molecule has 0 atom stereocenters. The van der Waals surface area contributed by atoms with Crippen LogP contribution in [0.1, 0.15) is 41.0 Å². The van der Waals surface area contributed by atoms with Gasteiger partial charge in [0.15, 0.2) is 0 Å². The number of alkyl carbamates (subject to hydrolysis) is 1. The molecule has 0 aromatic heterocycles. The fourth-order valence-electron chi connectivity index (χ4n) is 0.775. The van der Waals surface area contributed by atoms with Gasteiger partial charge in [-0.3, -0.25) is 5.32 Å². The maximum absolute atomic E-state index is 11.1. The Morgan fingerprint density at radius 3 is 2.43 bits per heavy atom. The largest absolute Gasteiger partial charge is 0.444 e. The van der Waals surface area contributed by atoms with Gasteiger partial charge in [0, 0.05) is 6.20 Å². The number of carbonyl (C=O) groups is 1. The predicted octanol–water partition coefficient (Wildman–Crippen LogP) is 3.07. The van der Waals surface area contributed by atoms with E-state index < -0.39 is 11.7 Å². The molecule has 0 aromatic carbocycles. The smallest absolute Gasteiger partial charge is 0.411 e. The summed E-state index contributed by atoms with van der Waals surface area (Å²) in [5.74, 6) is 0.603. The quantitative estimate of drug-likeness (QED) is 0.758. The van der Waals surface area contributed by atoms with Crippen LogP contribution < -0.4 is 5.32 Å². The van der Waals surface area contributed by atoms with E-state index in [0.29, 0.717) is 5.92 Å². The molecule has 0 saturated heterocycles. The highest BCUT2D eigenvalue weighted by molar-refractivity contribution is 5.68. The van der Waals surface area contributed by atoms with Crippen LogP contribution in [-0.2, 0) is 4.74 Å². The molecule has 3 heteroatoms. The van der Waals surface area contributed by atoms with Crippen molar-refractivity contribution in [3.8, 4) is 0 Å². The van der Waals surface area contributed by atoms with Crippen molar-refractivity contribution in [3.05, 3.63) is 12.3 Å². The maximum atomic E-state index is 11.1. The van der Waals surface area contributed by atoms with Crippen LogP contribution in [0.3, 0.4) is 0 Å². The molecular weight excluding hydrogens is 178 g/mol. The van der Waals surface area contributed by atoms with Crippen molar-refractivity contribution in [2.75, 3.05) is 0 Å². The summed E-state index contributed by atoms with van der Waals surface area (Å²) in [6.07, 6.45) is 4.11. The van der Waals surface area contributed by atoms with Gasteiger partial charge in [0.2, 0.25) is 0 Å². The zero-order chi connectivity index (χ0) is 11.2. The van der Waals surface area contributed by atoms with Crippen LogP contribution in [-0.4, -0.2) is 11.7 Å². The molecule has 82 valence electrons. The fraction of sp³-hybridized carbons (Fsp3) is 0.727. The van der Waals surface area contributed by atoms with Gasteiger partial charge in [-0.05, 0) is 33.1 Å². The van der Waals surface area contributed by atoms with Gasteiger partial charge in [0.25, 0.3) is 0 Å². The molecule has 0 aliphatic rings. The number of nitrogens with one attached hydrogen (secondary N) is 1. The van der Waals surface area contributed by atoms with E-state index in [0.717, 1.165) is 6.42 Å². The summed E-state index contributed by atoms with van der Waals surface area (Å²) in [7, 11) is 0. The number of carbonyl (C=O) groups excluding carboxylic acids is 1. The molecule has 3 nitrogen and oxygen atoms in total. The van der Waals surface area contributed by atoms with Gasteiger partial charge < -0.3 is 4.74 Å². The molecule has 0 aliphatic heterocycles. The summed E-state index contributed by atoms with van der Waals surface area (Å²) in [5.41, 5.74) is -0.435. The second-order valence-corrected chi connectivity index (χ2v) is 4.68. The molecule has 0 bridgehead atoms. The zero-order valence-electron chi connectivity index (χ0n) is 9.76. The van der Waals surface area contributed by atoms with Gasteiger partial charge in [-0.15, -0.1) is 0 Å². The molecule has 0 radical (unpaired) electrons. The number of rotatable bonds is 3. The minimum Gasteiger partial charge on any atom is -0.444 e. The first-order valence-corrected chi connectivity index (χ1v) is 4.96. The minimum atomic E-state index is -0.435. The van der Waals surface area contributed by atoms with Crippen LogP contribution in [0.25, 0.3) is 0 Å². The summed E-state index contributed by atoms with van der Waals surface area (Å²) >= 11 is 0. The topological polar surface area (TPSA) is 38.3 Å². The SMILES string of the molecule is CC(C)C/C=C\NC(=O)OC(C)(C)C. The molecular formula is C11H21NO2. The van der Waals surface area contributed by atoms with Crippen molar-refractivity contribution in [3.63, 3.8) is 0 Å². The van der Waals surface area contributed by atoms with E-state index in [-0.39, 0.29) is 0 Å². The normalized spacial score (nSPS) is 12.1. The van der Waals surface area contributed by atoms with Gasteiger partial charge in [0.05, 0.1) is 0 Å². The van der Waals surface area contributed by atoms with Crippen LogP contribution in [0, 0.1) is 5.92 Å². The number of amides is 1. The highest BCUT2D eigenvalue weighted by Crippen LogP contribution is 2.06. The van der Waals surface area contributed by atoms with Crippen LogP contribution >= 0.6 is 0 Å². The van der Waals surface area contributed by atoms with Gasteiger partial charge in [0.1, 0.15) is 5.60 Å². The summed E-state index contributed by atoms with van der Waals surface area (Å²) in [4.78, 5) is 11.1. The van der Waals surface area contributed by atoms with Crippen molar-refractivity contribution in [2.24, 2.45) is 5.92 Å². The standard InChI is InChI=1S/C11H21NO2/c1-9(2)7-6-8-12-10(13)14-11(3,4)5/h6,8-9H,7H2,1-5H3,(H,12,13)/b8-6-. The molecule has 0 saturated carbocycles. The van der Waals surface area contributed by atoms with Crippen LogP contribution in [0.15, 0.2) is 12.3 Å². The van der Waals surface area contributed by atoms with E-state index in [9.17, 15) is 4.79 Å². The second-order valence-electron chi connectivity index (χ2n) is 4.68. The highest BCUT2D eigenvalue weighted by atomic mass is 16.6. The number of ether oxygens (including phenoxy) is 1. The molecule has 0 unspecified atom stereocenters. The van der Waals surface area contributed by atoms with Gasteiger partial charge in [-0.2, -0.15) is 0 Å². The van der Waals surface area contributed by atoms with E-state index >= 15 is 0 Å². The third-order valence-corrected chi connectivity index (χ3v) is 1.33. The van der Waals surface area contributed by atoms with Crippen LogP contribution in [0.5, 0.6) is 0 Å². The molecule has 0 rings (SSSR count). The zero-order valence-corrected chi connectivity index (χ0v) is 9.76. The van der Waals surface area contributed by atoms with Crippen molar-refractivity contribution >= 4 is 6.09 Å². The van der Waals surface area contributed by atoms with Crippen molar-refractivity contribution in [1.29, 1.82) is 0 Å². The highest BCUT2D eigenvalue weighted by Gasteiger charge is 2.14. The lowest BCUT2D eigenvalue weighted by atomic mass is 10.1. The third-order valence-electron chi connectivity index (χ3n) is 1.33. The average Bonchev–Trinajstić information content (AvgIpc) is 1.94. The Labute approximate surface area is 86.5 Å². The van der Waals surface area contributed by atoms with Crippen molar-refractivity contribution < 1.29 is 9.53 Å². The molecule has 0 fully saturated rings. The van der Waals surface area contributed by atoms with E-state index in [1.165, 1.54) is 0 Å². The monoisotopic (exact) mass is 199 g/mol. The number of hydrogen-bond acceptors (Lipinski definition) is 2. The Morgan fingerprint density at radius 1 is 1.43 bits per heavy atom. The Balaban J connectivity index is 3.70. The lowest BCUT2D eigenvalue weighted by molar-refractivity contribution is 0.0552. The van der Waals surface area contributed by atoms with Crippen molar-refractivity contribution in [1.82, 2.24) is 5.32 Å². The Kier molecular flexibility index (Phi) is 5.28. The summed E-state index contributed by atoms with van der Waals surface area (Å²) in [5, 5.41) is 2.55. The molecule has 0 spiro atoms. The number of allylic oxidation sites excluding steroid dienone is 1. The van der Waals surface area contributed by atoms with Gasteiger partial charge in [-0.1, -0.05) is 19.9 Å².